The van der Waals surface area contributed by atoms with Crippen molar-refractivity contribution in [2.75, 3.05) is 0 Å². The summed E-state index contributed by atoms with van der Waals surface area (Å²) in [7, 11) is 0. The Kier molecular flexibility index (Phi) is 3.17. The summed E-state index contributed by atoms with van der Waals surface area (Å²) < 4.78 is 5.73. The molecule has 0 aliphatic heterocycles. The molecule has 1 aliphatic carbocycles. The van der Waals surface area contributed by atoms with Crippen molar-refractivity contribution in [2.24, 2.45) is 11.1 Å². The van der Waals surface area contributed by atoms with Crippen LogP contribution >= 0.6 is 0 Å². The van der Waals surface area contributed by atoms with Crippen LogP contribution in [0.4, 0.5) is 0 Å². The summed E-state index contributed by atoms with van der Waals surface area (Å²) in [4.78, 5) is 0. The minimum atomic E-state index is -0.345. The van der Waals surface area contributed by atoms with Crippen molar-refractivity contribution in [2.45, 2.75) is 18.9 Å². The van der Waals surface area contributed by atoms with Crippen LogP contribution in [0, 0.1) is 16.7 Å². The first kappa shape index (κ1) is 12.7. The third-order valence-electron chi connectivity index (χ3n) is 3.82. The minimum Gasteiger partial charge on any atom is -0.457 e. The summed E-state index contributed by atoms with van der Waals surface area (Å²) in [5.41, 5.74) is 6.83. The summed E-state index contributed by atoms with van der Waals surface area (Å²) in [5.74, 6) is 1.58. The van der Waals surface area contributed by atoms with Crippen LogP contribution in [-0.4, -0.2) is 0 Å². The van der Waals surface area contributed by atoms with Crippen LogP contribution in [0.3, 0.4) is 0 Å². The first-order valence-corrected chi connectivity index (χ1v) is 6.73. The Morgan fingerprint density at radius 3 is 2.15 bits per heavy atom. The molecule has 2 aromatic carbocycles. The molecule has 1 aliphatic rings. The number of nitriles is 1. The Bertz CT molecular complexity index is 624. The lowest BCUT2D eigenvalue weighted by atomic mass is 9.92. The summed E-state index contributed by atoms with van der Waals surface area (Å²) in [6.45, 7) is 0. The van der Waals surface area contributed by atoms with Gasteiger partial charge in [0.25, 0.3) is 0 Å². The fourth-order valence-electron chi connectivity index (χ4n) is 2.31. The SMILES string of the molecule is N#CC1(C(N)c2ccc(Oc3ccccc3)cc2)CC1. The molecule has 1 saturated carbocycles. The second-order valence-electron chi connectivity index (χ2n) is 5.23. The molecule has 0 spiro atoms. The molecule has 1 fully saturated rings. The predicted molar refractivity (Wildman–Crippen MR) is 77.2 cm³/mol. The van der Waals surface area contributed by atoms with Gasteiger partial charge in [0.1, 0.15) is 11.5 Å². The quantitative estimate of drug-likeness (QED) is 0.914. The highest BCUT2D eigenvalue weighted by Gasteiger charge is 2.49. The maximum absolute atomic E-state index is 9.18. The standard InChI is InChI=1S/C17H16N2O/c18-12-17(10-11-17)16(19)13-6-8-15(9-7-13)20-14-4-2-1-3-5-14/h1-9,16H,10-11,19H2. The van der Waals surface area contributed by atoms with E-state index in [1.165, 1.54) is 0 Å². The van der Waals surface area contributed by atoms with Crippen LogP contribution in [0.15, 0.2) is 54.6 Å². The Morgan fingerprint density at radius 1 is 1.00 bits per heavy atom. The second kappa shape index (κ2) is 4.99. The van der Waals surface area contributed by atoms with Crippen molar-refractivity contribution in [1.82, 2.24) is 0 Å². The third kappa shape index (κ3) is 2.38. The number of benzene rings is 2. The van der Waals surface area contributed by atoms with Gasteiger partial charge in [-0.15, -0.1) is 0 Å². The number of nitrogens with zero attached hydrogens (tertiary/aromatic N) is 1. The van der Waals surface area contributed by atoms with Crippen molar-refractivity contribution < 1.29 is 4.74 Å². The Hall–Kier alpha value is -2.31. The van der Waals surface area contributed by atoms with Crippen molar-refractivity contribution in [3.8, 4) is 17.6 Å². The van der Waals surface area contributed by atoms with Gasteiger partial charge >= 0.3 is 0 Å². The number of hydrogen-bond donors (Lipinski definition) is 1. The van der Waals surface area contributed by atoms with Gasteiger partial charge in [-0.25, -0.2) is 0 Å². The molecule has 1 atom stereocenters. The number of para-hydroxylation sites is 1. The summed E-state index contributed by atoms with van der Waals surface area (Å²) in [6, 6.07) is 19.5. The van der Waals surface area contributed by atoms with E-state index < -0.39 is 0 Å². The normalized spacial score (nSPS) is 17.0. The van der Waals surface area contributed by atoms with Gasteiger partial charge in [0.2, 0.25) is 0 Å². The average molecular weight is 264 g/mol. The number of nitrogens with two attached hydrogens (primary N) is 1. The summed E-state index contributed by atoms with van der Waals surface area (Å²) >= 11 is 0. The summed E-state index contributed by atoms with van der Waals surface area (Å²) in [5, 5.41) is 9.18. The lowest BCUT2D eigenvalue weighted by Gasteiger charge is -2.17. The molecule has 0 aromatic heterocycles. The van der Waals surface area contributed by atoms with Gasteiger partial charge in [0.15, 0.2) is 0 Å². The monoisotopic (exact) mass is 264 g/mol. The molecular formula is C17H16N2O. The van der Waals surface area contributed by atoms with Crippen molar-refractivity contribution in [1.29, 1.82) is 5.26 Å². The van der Waals surface area contributed by atoms with E-state index in [0.717, 1.165) is 29.9 Å². The zero-order valence-corrected chi connectivity index (χ0v) is 11.1. The van der Waals surface area contributed by atoms with E-state index in [-0.39, 0.29) is 11.5 Å². The molecule has 0 heterocycles. The van der Waals surface area contributed by atoms with Crippen molar-refractivity contribution in [3.63, 3.8) is 0 Å². The van der Waals surface area contributed by atoms with Gasteiger partial charge < -0.3 is 10.5 Å². The van der Waals surface area contributed by atoms with Crippen LogP contribution in [0.25, 0.3) is 0 Å². The lowest BCUT2D eigenvalue weighted by Crippen LogP contribution is -2.21. The third-order valence-corrected chi connectivity index (χ3v) is 3.82. The van der Waals surface area contributed by atoms with E-state index in [9.17, 15) is 5.26 Å². The molecular weight excluding hydrogens is 248 g/mol. The van der Waals surface area contributed by atoms with Crippen LogP contribution in [0.2, 0.25) is 0 Å². The molecule has 0 saturated heterocycles. The molecule has 2 N–H and O–H groups in total. The molecule has 0 amide bonds. The van der Waals surface area contributed by atoms with Crippen LogP contribution in [0.1, 0.15) is 24.4 Å². The fraction of sp³-hybridized carbons (Fsp3) is 0.235. The highest BCUT2D eigenvalue weighted by Crippen LogP contribution is 2.53. The molecule has 3 nitrogen and oxygen atoms in total. The fourth-order valence-corrected chi connectivity index (χ4v) is 2.31. The molecule has 3 rings (SSSR count). The van der Waals surface area contributed by atoms with Gasteiger partial charge in [-0.3, -0.25) is 0 Å². The molecule has 100 valence electrons. The maximum atomic E-state index is 9.18. The van der Waals surface area contributed by atoms with Gasteiger partial charge in [0, 0.05) is 6.04 Å². The van der Waals surface area contributed by atoms with Gasteiger partial charge in [0.05, 0.1) is 11.5 Å². The Morgan fingerprint density at radius 2 is 1.60 bits per heavy atom. The van der Waals surface area contributed by atoms with E-state index in [1.807, 2.05) is 54.6 Å². The van der Waals surface area contributed by atoms with Crippen molar-refractivity contribution >= 4 is 0 Å². The highest BCUT2D eigenvalue weighted by molar-refractivity contribution is 5.36. The number of hydrogen-bond acceptors (Lipinski definition) is 3. The smallest absolute Gasteiger partial charge is 0.127 e. The first-order chi connectivity index (χ1) is 9.73. The Balaban J connectivity index is 1.74. The van der Waals surface area contributed by atoms with E-state index in [4.69, 9.17) is 10.5 Å². The molecule has 2 aromatic rings. The second-order valence-corrected chi connectivity index (χ2v) is 5.23. The van der Waals surface area contributed by atoms with Crippen LogP contribution in [0.5, 0.6) is 11.5 Å². The van der Waals surface area contributed by atoms with Gasteiger partial charge in [-0.1, -0.05) is 30.3 Å². The van der Waals surface area contributed by atoms with Crippen LogP contribution < -0.4 is 10.5 Å². The van der Waals surface area contributed by atoms with E-state index in [0.29, 0.717) is 0 Å². The van der Waals surface area contributed by atoms with Gasteiger partial charge in [-0.05, 0) is 42.7 Å². The summed E-state index contributed by atoms with van der Waals surface area (Å²) in [6.07, 6.45) is 1.79. The zero-order chi connectivity index (χ0) is 14.0. The molecule has 0 bridgehead atoms. The maximum Gasteiger partial charge on any atom is 0.127 e. The van der Waals surface area contributed by atoms with Crippen LogP contribution in [-0.2, 0) is 0 Å². The Labute approximate surface area is 118 Å². The van der Waals surface area contributed by atoms with E-state index >= 15 is 0 Å². The van der Waals surface area contributed by atoms with E-state index in [2.05, 4.69) is 6.07 Å². The number of rotatable bonds is 4. The predicted octanol–water partition coefficient (Wildman–Crippen LogP) is 3.78. The largest absolute Gasteiger partial charge is 0.457 e. The molecule has 1 unspecified atom stereocenters. The molecule has 3 heteroatoms. The average Bonchev–Trinajstić information content (AvgIpc) is 3.30. The van der Waals surface area contributed by atoms with E-state index in [1.54, 1.807) is 0 Å². The minimum absolute atomic E-state index is 0.210. The van der Waals surface area contributed by atoms with Gasteiger partial charge in [-0.2, -0.15) is 5.26 Å². The topological polar surface area (TPSA) is 59.0 Å². The first-order valence-electron chi connectivity index (χ1n) is 6.73. The molecule has 20 heavy (non-hydrogen) atoms. The molecule has 0 radical (unpaired) electrons. The number of ether oxygens (including phenoxy) is 1. The highest BCUT2D eigenvalue weighted by atomic mass is 16.5. The zero-order valence-electron chi connectivity index (χ0n) is 11.1. The lowest BCUT2D eigenvalue weighted by molar-refractivity contribution is 0.480. The van der Waals surface area contributed by atoms with Crippen molar-refractivity contribution in [3.05, 3.63) is 60.2 Å².